The molecule has 0 radical (unpaired) electrons. The molecule has 0 aromatic heterocycles. The first kappa shape index (κ1) is 14.9. The summed E-state index contributed by atoms with van der Waals surface area (Å²) in [5, 5.41) is 0. The third-order valence-corrected chi connectivity index (χ3v) is 4.20. The smallest absolute Gasteiger partial charge is 0.248 e. The highest BCUT2D eigenvalue weighted by Gasteiger charge is 2.41. The van der Waals surface area contributed by atoms with Gasteiger partial charge in [0.1, 0.15) is 0 Å². The van der Waals surface area contributed by atoms with E-state index < -0.39 is 5.92 Å². The number of hydrogen-bond acceptors (Lipinski definition) is 1. The Labute approximate surface area is 104 Å². The van der Waals surface area contributed by atoms with Crippen molar-refractivity contribution in [3.8, 4) is 0 Å². The standard InChI is InChI=1S/C14H27F2N/c1-3-5-6-11(4-2)9-13(17)12-7-8-14(15,16)10-12/h11-13H,3-10,17H2,1-2H3. The van der Waals surface area contributed by atoms with E-state index >= 15 is 0 Å². The number of halogens is 2. The molecule has 3 unspecified atom stereocenters. The van der Waals surface area contributed by atoms with Crippen LogP contribution in [0.2, 0.25) is 0 Å². The third kappa shape index (κ3) is 4.90. The Morgan fingerprint density at radius 3 is 2.53 bits per heavy atom. The van der Waals surface area contributed by atoms with Crippen LogP contribution < -0.4 is 5.73 Å². The maximum Gasteiger partial charge on any atom is 0.248 e. The second-order valence-corrected chi connectivity index (χ2v) is 5.67. The highest BCUT2D eigenvalue weighted by molar-refractivity contribution is 4.87. The van der Waals surface area contributed by atoms with Gasteiger partial charge in [0, 0.05) is 18.9 Å². The molecular formula is C14H27F2N. The lowest BCUT2D eigenvalue weighted by molar-refractivity contribution is 0.00353. The lowest BCUT2D eigenvalue weighted by Gasteiger charge is -2.24. The van der Waals surface area contributed by atoms with Crippen molar-refractivity contribution in [3.63, 3.8) is 0 Å². The minimum atomic E-state index is -2.45. The minimum Gasteiger partial charge on any atom is -0.327 e. The molecule has 3 heteroatoms. The summed E-state index contributed by atoms with van der Waals surface area (Å²) in [7, 11) is 0. The summed E-state index contributed by atoms with van der Waals surface area (Å²) in [6.45, 7) is 4.36. The monoisotopic (exact) mass is 247 g/mol. The van der Waals surface area contributed by atoms with E-state index in [2.05, 4.69) is 13.8 Å². The Kier molecular flexibility index (Phi) is 5.84. The number of unbranched alkanes of at least 4 members (excludes halogenated alkanes) is 1. The van der Waals surface area contributed by atoms with E-state index in [1.807, 2.05) is 0 Å². The molecule has 17 heavy (non-hydrogen) atoms. The molecule has 0 bridgehead atoms. The number of rotatable bonds is 7. The molecule has 0 aromatic rings. The zero-order valence-corrected chi connectivity index (χ0v) is 11.2. The van der Waals surface area contributed by atoms with Gasteiger partial charge < -0.3 is 5.73 Å². The number of nitrogens with two attached hydrogens (primary N) is 1. The van der Waals surface area contributed by atoms with Gasteiger partial charge in [0.25, 0.3) is 0 Å². The summed E-state index contributed by atoms with van der Waals surface area (Å²) < 4.78 is 26.2. The van der Waals surface area contributed by atoms with Gasteiger partial charge in [0.2, 0.25) is 5.92 Å². The predicted molar refractivity (Wildman–Crippen MR) is 68.2 cm³/mol. The Balaban J connectivity index is 2.34. The van der Waals surface area contributed by atoms with E-state index in [0.29, 0.717) is 12.3 Å². The van der Waals surface area contributed by atoms with E-state index in [1.165, 1.54) is 19.3 Å². The Bertz CT molecular complexity index is 218. The second-order valence-electron chi connectivity index (χ2n) is 5.67. The molecule has 1 rings (SSSR count). The molecule has 1 nitrogen and oxygen atoms in total. The van der Waals surface area contributed by atoms with E-state index in [-0.39, 0.29) is 24.8 Å². The lowest BCUT2D eigenvalue weighted by Crippen LogP contribution is -2.31. The summed E-state index contributed by atoms with van der Waals surface area (Å²) in [6, 6.07) is -0.0230. The van der Waals surface area contributed by atoms with Crippen LogP contribution in [0.4, 0.5) is 8.78 Å². The molecule has 1 fully saturated rings. The van der Waals surface area contributed by atoms with Crippen LogP contribution in [-0.4, -0.2) is 12.0 Å². The van der Waals surface area contributed by atoms with Crippen molar-refractivity contribution in [2.45, 2.75) is 77.2 Å². The van der Waals surface area contributed by atoms with Gasteiger partial charge in [-0.25, -0.2) is 8.78 Å². The van der Waals surface area contributed by atoms with Crippen molar-refractivity contribution in [3.05, 3.63) is 0 Å². The van der Waals surface area contributed by atoms with Crippen LogP contribution >= 0.6 is 0 Å². The molecule has 0 spiro atoms. The summed E-state index contributed by atoms with van der Waals surface area (Å²) in [4.78, 5) is 0. The summed E-state index contributed by atoms with van der Waals surface area (Å²) >= 11 is 0. The third-order valence-electron chi connectivity index (χ3n) is 4.20. The minimum absolute atomic E-state index is 0.0123. The van der Waals surface area contributed by atoms with Crippen molar-refractivity contribution >= 4 is 0 Å². The van der Waals surface area contributed by atoms with Gasteiger partial charge in [0.15, 0.2) is 0 Å². The van der Waals surface area contributed by atoms with Crippen LogP contribution in [0.1, 0.15) is 65.2 Å². The largest absolute Gasteiger partial charge is 0.327 e. The van der Waals surface area contributed by atoms with Crippen LogP contribution in [0.15, 0.2) is 0 Å². The fraction of sp³-hybridized carbons (Fsp3) is 1.00. The highest BCUT2D eigenvalue weighted by Crippen LogP contribution is 2.41. The fourth-order valence-corrected chi connectivity index (χ4v) is 2.91. The van der Waals surface area contributed by atoms with Gasteiger partial charge in [0.05, 0.1) is 0 Å². The van der Waals surface area contributed by atoms with Crippen molar-refractivity contribution < 1.29 is 8.78 Å². The average Bonchev–Trinajstić information content (AvgIpc) is 2.64. The van der Waals surface area contributed by atoms with Crippen molar-refractivity contribution in [2.24, 2.45) is 17.6 Å². The first-order valence-corrected chi connectivity index (χ1v) is 7.12. The number of hydrogen-bond donors (Lipinski definition) is 1. The average molecular weight is 247 g/mol. The highest BCUT2D eigenvalue weighted by atomic mass is 19.3. The van der Waals surface area contributed by atoms with E-state index in [9.17, 15) is 8.78 Å². The van der Waals surface area contributed by atoms with Crippen molar-refractivity contribution in [2.75, 3.05) is 0 Å². The summed E-state index contributed by atoms with van der Waals surface area (Å²) in [5.41, 5.74) is 6.11. The van der Waals surface area contributed by atoms with Crippen molar-refractivity contribution in [1.29, 1.82) is 0 Å². The van der Waals surface area contributed by atoms with Gasteiger partial charge in [-0.1, -0.05) is 39.5 Å². The molecule has 0 aliphatic heterocycles. The summed E-state index contributed by atoms with van der Waals surface area (Å²) in [5.74, 6) is -1.78. The van der Waals surface area contributed by atoms with Gasteiger partial charge in [-0.3, -0.25) is 0 Å². The van der Waals surface area contributed by atoms with Gasteiger partial charge in [-0.05, 0) is 24.7 Å². The van der Waals surface area contributed by atoms with Crippen LogP contribution in [0.3, 0.4) is 0 Å². The molecular weight excluding hydrogens is 220 g/mol. The molecule has 0 amide bonds. The topological polar surface area (TPSA) is 26.0 Å². The molecule has 1 aliphatic rings. The first-order chi connectivity index (χ1) is 7.98. The molecule has 2 N–H and O–H groups in total. The van der Waals surface area contributed by atoms with Gasteiger partial charge >= 0.3 is 0 Å². The Morgan fingerprint density at radius 1 is 1.35 bits per heavy atom. The molecule has 3 atom stereocenters. The maximum atomic E-state index is 13.1. The van der Waals surface area contributed by atoms with Crippen molar-refractivity contribution in [1.82, 2.24) is 0 Å². The lowest BCUT2D eigenvalue weighted by atomic mass is 9.86. The molecule has 1 aliphatic carbocycles. The van der Waals surface area contributed by atoms with E-state index in [0.717, 1.165) is 12.8 Å². The number of alkyl halides is 2. The van der Waals surface area contributed by atoms with Gasteiger partial charge in [-0.15, -0.1) is 0 Å². The second kappa shape index (κ2) is 6.67. The first-order valence-electron chi connectivity index (χ1n) is 7.12. The SMILES string of the molecule is CCCCC(CC)CC(N)C1CCC(F)(F)C1. The molecule has 1 saturated carbocycles. The molecule has 0 heterocycles. The fourth-order valence-electron chi connectivity index (χ4n) is 2.91. The Hall–Kier alpha value is -0.180. The quantitative estimate of drug-likeness (QED) is 0.711. The van der Waals surface area contributed by atoms with Crippen LogP contribution in [0.25, 0.3) is 0 Å². The van der Waals surface area contributed by atoms with Crippen LogP contribution in [0.5, 0.6) is 0 Å². The molecule has 102 valence electrons. The summed E-state index contributed by atoms with van der Waals surface area (Å²) in [6.07, 6.45) is 6.34. The normalized spacial score (nSPS) is 27.0. The molecule has 0 aromatic carbocycles. The predicted octanol–water partition coefficient (Wildman–Crippen LogP) is 4.36. The zero-order chi connectivity index (χ0) is 12.9. The van der Waals surface area contributed by atoms with E-state index in [4.69, 9.17) is 5.73 Å². The zero-order valence-electron chi connectivity index (χ0n) is 11.2. The Morgan fingerprint density at radius 2 is 2.06 bits per heavy atom. The maximum absolute atomic E-state index is 13.1. The van der Waals surface area contributed by atoms with E-state index in [1.54, 1.807) is 0 Å². The van der Waals surface area contributed by atoms with Crippen LogP contribution in [-0.2, 0) is 0 Å². The van der Waals surface area contributed by atoms with Gasteiger partial charge in [-0.2, -0.15) is 0 Å². The van der Waals surface area contributed by atoms with Crippen LogP contribution in [0, 0.1) is 11.8 Å². The molecule has 0 saturated heterocycles.